The Morgan fingerprint density at radius 2 is 2.12 bits per heavy atom. The van der Waals surface area contributed by atoms with E-state index in [4.69, 9.17) is 14.7 Å². The highest BCUT2D eigenvalue weighted by Gasteiger charge is 2.30. The lowest BCUT2D eigenvalue weighted by atomic mass is 10.0. The molecule has 1 aromatic rings. The SMILES string of the molecule is CCCN(CC1CC1)c1cc([C@@H]2CCOC2)nc(N2CC(O)C2)n1. The maximum Gasteiger partial charge on any atom is 0.227 e. The van der Waals surface area contributed by atoms with E-state index in [9.17, 15) is 5.11 Å². The first-order valence-electron chi connectivity index (χ1n) is 9.37. The van der Waals surface area contributed by atoms with E-state index in [1.807, 2.05) is 0 Å². The molecular formula is C18H28N4O2. The van der Waals surface area contributed by atoms with E-state index in [0.29, 0.717) is 19.0 Å². The fourth-order valence-electron chi connectivity index (χ4n) is 3.52. The van der Waals surface area contributed by atoms with Gasteiger partial charge in [-0.3, -0.25) is 0 Å². The molecule has 6 heteroatoms. The second-order valence-electron chi connectivity index (χ2n) is 7.46. The van der Waals surface area contributed by atoms with Crippen LogP contribution in [0.2, 0.25) is 0 Å². The Morgan fingerprint density at radius 1 is 1.29 bits per heavy atom. The number of rotatable bonds is 7. The average Bonchev–Trinajstić information content (AvgIpc) is 3.20. The summed E-state index contributed by atoms with van der Waals surface area (Å²) in [6.07, 6.45) is 4.61. The van der Waals surface area contributed by atoms with Crippen LogP contribution in [0, 0.1) is 5.92 Å². The highest BCUT2D eigenvalue weighted by molar-refractivity contribution is 5.48. The van der Waals surface area contributed by atoms with Crippen LogP contribution in [0.4, 0.5) is 11.8 Å². The van der Waals surface area contributed by atoms with Crippen LogP contribution in [0.3, 0.4) is 0 Å². The van der Waals surface area contributed by atoms with Gasteiger partial charge in [-0.2, -0.15) is 4.98 Å². The van der Waals surface area contributed by atoms with E-state index in [1.54, 1.807) is 0 Å². The molecule has 1 saturated carbocycles. The summed E-state index contributed by atoms with van der Waals surface area (Å²) in [5, 5.41) is 9.62. The molecular weight excluding hydrogens is 304 g/mol. The van der Waals surface area contributed by atoms with Crippen molar-refractivity contribution >= 4 is 11.8 Å². The van der Waals surface area contributed by atoms with E-state index in [0.717, 1.165) is 62.5 Å². The Morgan fingerprint density at radius 3 is 2.75 bits per heavy atom. The van der Waals surface area contributed by atoms with Crippen LogP contribution in [0.15, 0.2) is 6.07 Å². The largest absolute Gasteiger partial charge is 0.389 e. The zero-order valence-electron chi connectivity index (χ0n) is 14.5. The van der Waals surface area contributed by atoms with Crippen molar-refractivity contribution in [1.29, 1.82) is 0 Å². The Kier molecular flexibility index (Phi) is 4.59. The van der Waals surface area contributed by atoms with Crippen molar-refractivity contribution in [2.45, 2.75) is 44.6 Å². The lowest BCUT2D eigenvalue weighted by Gasteiger charge is -2.36. The van der Waals surface area contributed by atoms with Crippen LogP contribution in [0.5, 0.6) is 0 Å². The van der Waals surface area contributed by atoms with Crippen molar-refractivity contribution in [3.8, 4) is 0 Å². The molecule has 0 radical (unpaired) electrons. The molecule has 24 heavy (non-hydrogen) atoms. The molecule has 3 aliphatic rings. The first-order valence-corrected chi connectivity index (χ1v) is 9.37. The lowest BCUT2D eigenvalue weighted by Crippen LogP contribution is -2.51. The molecule has 132 valence electrons. The van der Waals surface area contributed by atoms with Gasteiger partial charge in [-0.25, -0.2) is 4.98 Å². The van der Waals surface area contributed by atoms with E-state index in [2.05, 4.69) is 22.8 Å². The number of ether oxygens (including phenoxy) is 1. The lowest BCUT2D eigenvalue weighted by molar-refractivity contribution is 0.140. The van der Waals surface area contributed by atoms with Gasteiger partial charge in [-0.05, 0) is 31.6 Å². The molecule has 2 aliphatic heterocycles. The van der Waals surface area contributed by atoms with Crippen molar-refractivity contribution in [1.82, 2.24) is 9.97 Å². The quantitative estimate of drug-likeness (QED) is 0.821. The zero-order chi connectivity index (χ0) is 16.5. The molecule has 2 saturated heterocycles. The molecule has 6 nitrogen and oxygen atoms in total. The highest BCUT2D eigenvalue weighted by atomic mass is 16.5. The van der Waals surface area contributed by atoms with Gasteiger partial charge in [-0.15, -0.1) is 0 Å². The van der Waals surface area contributed by atoms with Gasteiger partial charge in [0.15, 0.2) is 0 Å². The third kappa shape index (κ3) is 3.49. The number of β-amino-alcohol motifs (C(OH)–C–C–N with tert-alkyl or cyclic N) is 1. The number of anilines is 2. The third-order valence-electron chi connectivity index (χ3n) is 5.21. The second kappa shape index (κ2) is 6.84. The standard InChI is InChI=1S/C18H28N4O2/c1-2-6-21(9-13-3-4-13)17-8-16(14-5-7-24-12-14)19-18(20-17)22-10-15(23)11-22/h8,13-15,23H,2-7,9-12H2,1H3/t14-/m1/s1. The second-order valence-corrected chi connectivity index (χ2v) is 7.46. The minimum atomic E-state index is -0.242. The maximum atomic E-state index is 9.62. The van der Waals surface area contributed by atoms with Crippen molar-refractivity contribution in [2.24, 2.45) is 5.92 Å². The van der Waals surface area contributed by atoms with Gasteiger partial charge < -0.3 is 19.6 Å². The normalized spacial score (nSPS) is 24.2. The number of aliphatic hydroxyl groups is 1. The van der Waals surface area contributed by atoms with Crippen molar-refractivity contribution in [3.05, 3.63) is 11.8 Å². The van der Waals surface area contributed by atoms with Crippen molar-refractivity contribution in [3.63, 3.8) is 0 Å². The summed E-state index contributed by atoms with van der Waals surface area (Å²) in [5.74, 6) is 3.04. The van der Waals surface area contributed by atoms with Gasteiger partial charge in [0.25, 0.3) is 0 Å². The van der Waals surface area contributed by atoms with Gasteiger partial charge in [0.05, 0.1) is 18.4 Å². The minimum absolute atomic E-state index is 0.242. The van der Waals surface area contributed by atoms with E-state index >= 15 is 0 Å². The molecule has 0 spiro atoms. The van der Waals surface area contributed by atoms with Gasteiger partial charge in [0, 0.05) is 44.8 Å². The first kappa shape index (κ1) is 16.1. The van der Waals surface area contributed by atoms with Crippen LogP contribution in [-0.4, -0.2) is 60.6 Å². The molecule has 0 amide bonds. The fourth-order valence-corrected chi connectivity index (χ4v) is 3.52. The summed E-state index contributed by atoms with van der Waals surface area (Å²) in [7, 11) is 0. The number of aromatic nitrogens is 2. The Bertz CT molecular complexity index is 566. The van der Waals surface area contributed by atoms with E-state index < -0.39 is 0 Å². The van der Waals surface area contributed by atoms with Gasteiger partial charge >= 0.3 is 0 Å². The summed E-state index contributed by atoms with van der Waals surface area (Å²) in [5.41, 5.74) is 1.10. The summed E-state index contributed by atoms with van der Waals surface area (Å²) in [6.45, 7) is 7.22. The molecule has 0 unspecified atom stereocenters. The van der Waals surface area contributed by atoms with E-state index in [-0.39, 0.29) is 6.10 Å². The van der Waals surface area contributed by atoms with Gasteiger partial charge in [0.2, 0.25) is 5.95 Å². The molecule has 1 aromatic heterocycles. The topological polar surface area (TPSA) is 61.7 Å². The predicted octanol–water partition coefficient (Wildman–Crippen LogP) is 1.79. The molecule has 1 aliphatic carbocycles. The van der Waals surface area contributed by atoms with Crippen LogP contribution in [0.25, 0.3) is 0 Å². The Balaban J connectivity index is 1.62. The average molecular weight is 332 g/mol. The first-order chi connectivity index (χ1) is 11.7. The molecule has 3 fully saturated rings. The van der Waals surface area contributed by atoms with E-state index in [1.165, 1.54) is 12.8 Å². The number of aliphatic hydroxyl groups excluding tert-OH is 1. The third-order valence-corrected chi connectivity index (χ3v) is 5.21. The highest BCUT2D eigenvalue weighted by Crippen LogP contribution is 2.33. The minimum Gasteiger partial charge on any atom is -0.389 e. The van der Waals surface area contributed by atoms with Gasteiger partial charge in [-0.1, -0.05) is 6.92 Å². The van der Waals surface area contributed by atoms with Crippen LogP contribution in [0.1, 0.15) is 44.2 Å². The zero-order valence-corrected chi connectivity index (χ0v) is 14.5. The Labute approximate surface area is 143 Å². The molecule has 1 N–H and O–H groups in total. The number of nitrogens with zero attached hydrogens (tertiary/aromatic N) is 4. The number of hydrogen-bond acceptors (Lipinski definition) is 6. The Hall–Kier alpha value is -1.40. The van der Waals surface area contributed by atoms with Crippen LogP contribution < -0.4 is 9.80 Å². The van der Waals surface area contributed by atoms with Crippen molar-refractivity contribution in [2.75, 3.05) is 49.2 Å². The summed E-state index contributed by atoms with van der Waals surface area (Å²) < 4.78 is 5.56. The maximum absolute atomic E-state index is 9.62. The van der Waals surface area contributed by atoms with Crippen LogP contribution >= 0.6 is 0 Å². The molecule has 1 atom stereocenters. The fraction of sp³-hybridized carbons (Fsp3) is 0.778. The van der Waals surface area contributed by atoms with Gasteiger partial charge in [0.1, 0.15) is 5.82 Å². The smallest absolute Gasteiger partial charge is 0.227 e. The summed E-state index contributed by atoms with van der Waals surface area (Å²) in [4.78, 5) is 14.2. The van der Waals surface area contributed by atoms with Crippen molar-refractivity contribution < 1.29 is 9.84 Å². The summed E-state index contributed by atoms with van der Waals surface area (Å²) in [6, 6.07) is 2.18. The molecule has 4 rings (SSSR count). The summed E-state index contributed by atoms with van der Waals surface area (Å²) >= 11 is 0. The number of hydrogen-bond donors (Lipinski definition) is 1. The van der Waals surface area contributed by atoms with Crippen LogP contribution in [-0.2, 0) is 4.74 Å². The molecule has 3 heterocycles. The monoisotopic (exact) mass is 332 g/mol. The molecule has 0 aromatic carbocycles. The molecule has 0 bridgehead atoms. The predicted molar refractivity (Wildman–Crippen MR) is 93.7 cm³/mol.